The Hall–Kier alpha value is -2.14. The first-order valence-corrected chi connectivity index (χ1v) is 8.01. The van der Waals surface area contributed by atoms with Crippen LogP contribution in [0.4, 0.5) is 0 Å². The van der Waals surface area contributed by atoms with Gasteiger partial charge in [-0.05, 0) is 18.4 Å². The second-order valence-corrected chi connectivity index (χ2v) is 6.00. The average Bonchev–Trinajstić information content (AvgIpc) is 2.95. The van der Waals surface area contributed by atoms with Gasteiger partial charge in [0.1, 0.15) is 18.5 Å². The number of ether oxygens (including phenoxy) is 1. The third kappa shape index (κ3) is 5.53. The van der Waals surface area contributed by atoms with Gasteiger partial charge in [-0.15, -0.1) is 0 Å². The maximum Gasteiger partial charge on any atom is 0.323 e. The van der Waals surface area contributed by atoms with Crippen LogP contribution in [-0.2, 0) is 22.6 Å². The van der Waals surface area contributed by atoms with Crippen LogP contribution in [0.2, 0.25) is 0 Å². The summed E-state index contributed by atoms with van der Waals surface area (Å²) in [6, 6.07) is 9.41. The Morgan fingerprint density at radius 3 is 2.65 bits per heavy atom. The van der Waals surface area contributed by atoms with Crippen molar-refractivity contribution < 1.29 is 9.53 Å². The van der Waals surface area contributed by atoms with Gasteiger partial charge >= 0.3 is 5.97 Å². The molecule has 0 radical (unpaired) electrons. The molecule has 0 aliphatic rings. The summed E-state index contributed by atoms with van der Waals surface area (Å²) in [6.07, 6.45) is 2.68. The number of H-pyrrole nitrogens is 1. The molecule has 2 N–H and O–H groups in total. The number of rotatable bonds is 8. The van der Waals surface area contributed by atoms with Crippen molar-refractivity contribution in [2.45, 2.75) is 39.8 Å². The standard InChI is InChI=1S/C18H25N3O2/c1-13(2)17(19-10-9-16-11-20-14(3)21-16)18(22)23-12-15-7-5-4-6-8-15/h4-8,11,13,17,19H,9-10,12H2,1-3H3,(H,20,21)/t17-/m0/s1. The monoisotopic (exact) mass is 315 g/mol. The number of aromatic nitrogens is 2. The Kier molecular flexibility index (Phi) is 6.35. The number of nitrogens with one attached hydrogen (secondary N) is 2. The van der Waals surface area contributed by atoms with Crippen LogP contribution in [0.15, 0.2) is 36.5 Å². The molecule has 0 unspecified atom stereocenters. The zero-order valence-electron chi connectivity index (χ0n) is 14.0. The van der Waals surface area contributed by atoms with Crippen LogP contribution >= 0.6 is 0 Å². The Morgan fingerprint density at radius 2 is 2.04 bits per heavy atom. The molecule has 0 fully saturated rings. The second kappa shape index (κ2) is 8.48. The van der Waals surface area contributed by atoms with Gasteiger partial charge in [0, 0.05) is 19.2 Å². The highest BCUT2D eigenvalue weighted by Gasteiger charge is 2.23. The number of carbonyl (C=O) groups excluding carboxylic acids is 1. The van der Waals surface area contributed by atoms with Crippen LogP contribution in [0.1, 0.15) is 30.9 Å². The van der Waals surface area contributed by atoms with Crippen molar-refractivity contribution in [3.63, 3.8) is 0 Å². The van der Waals surface area contributed by atoms with Gasteiger partial charge in [0.05, 0.1) is 5.69 Å². The number of benzene rings is 1. The molecular weight excluding hydrogens is 290 g/mol. The van der Waals surface area contributed by atoms with Crippen molar-refractivity contribution in [2.75, 3.05) is 6.54 Å². The lowest BCUT2D eigenvalue weighted by Crippen LogP contribution is -2.43. The number of imidazole rings is 1. The smallest absolute Gasteiger partial charge is 0.323 e. The Balaban J connectivity index is 1.81. The predicted molar refractivity (Wildman–Crippen MR) is 89.9 cm³/mol. The van der Waals surface area contributed by atoms with Gasteiger partial charge in [0.2, 0.25) is 0 Å². The van der Waals surface area contributed by atoms with E-state index in [0.29, 0.717) is 13.2 Å². The minimum absolute atomic E-state index is 0.166. The maximum absolute atomic E-state index is 12.3. The van der Waals surface area contributed by atoms with Crippen molar-refractivity contribution >= 4 is 5.97 Å². The normalized spacial score (nSPS) is 12.3. The molecular formula is C18H25N3O2. The molecule has 0 aliphatic carbocycles. The van der Waals surface area contributed by atoms with Crippen molar-refractivity contribution in [2.24, 2.45) is 5.92 Å². The average molecular weight is 315 g/mol. The molecule has 0 bridgehead atoms. The SMILES string of the molecule is Cc1nc(CCN[C@H](C(=O)OCc2ccccc2)C(C)C)c[nH]1. The van der Waals surface area contributed by atoms with Crippen LogP contribution in [0.5, 0.6) is 0 Å². The third-order valence-corrected chi connectivity index (χ3v) is 3.65. The van der Waals surface area contributed by atoms with Crippen molar-refractivity contribution in [1.82, 2.24) is 15.3 Å². The van der Waals surface area contributed by atoms with E-state index in [1.54, 1.807) is 0 Å². The van der Waals surface area contributed by atoms with Crippen LogP contribution < -0.4 is 5.32 Å². The van der Waals surface area contributed by atoms with Crippen LogP contribution in [0.25, 0.3) is 0 Å². The fourth-order valence-electron chi connectivity index (χ4n) is 2.36. The molecule has 2 rings (SSSR count). The zero-order valence-corrected chi connectivity index (χ0v) is 14.0. The van der Waals surface area contributed by atoms with Gasteiger partial charge in [-0.25, -0.2) is 4.98 Å². The van der Waals surface area contributed by atoms with Gasteiger partial charge in [-0.3, -0.25) is 4.79 Å². The van der Waals surface area contributed by atoms with Gasteiger partial charge in [-0.2, -0.15) is 0 Å². The number of aryl methyl sites for hydroxylation is 1. The molecule has 0 aliphatic heterocycles. The van der Waals surface area contributed by atoms with Gasteiger partial charge < -0.3 is 15.0 Å². The summed E-state index contributed by atoms with van der Waals surface area (Å²) in [6.45, 7) is 6.95. The van der Waals surface area contributed by atoms with Gasteiger partial charge in [0.15, 0.2) is 0 Å². The van der Waals surface area contributed by atoms with Gasteiger partial charge in [0.25, 0.3) is 0 Å². The Morgan fingerprint density at radius 1 is 1.30 bits per heavy atom. The second-order valence-electron chi connectivity index (χ2n) is 6.00. The fourth-order valence-corrected chi connectivity index (χ4v) is 2.36. The minimum Gasteiger partial charge on any atom is -0.460 e. The molecule has 2 aromatic rings. The number of aromatic amines is 1. The van der Waals surface area contributed by atoms with E-state index in [0.717, 1.165) is 23.5 Å². The molecule has 0 saturated heterocycles. The van der Waals surface area contributed by atoms with E-state index in [9.17, 15) is 4.79 Å². The molecule has 0 saturated carbocycles. The molecule has 1 aromatic heterocycles. The highest BCUT2D eigenvalue weighted by atomic mass is 16.5. The van der Waals surface area contributed by atoms with Crippen molar-refractivity contribution in [3.8, 4) is 0 Å². The lowest BCUT2D eigenvalue weighted by atomic mass is 10.0. The lowest BCUT2D eigenvalue weighted by Gasteiger charge is -2.20. The summed E-state index contributed by atoms with van der Waals surface area (Å²) < 4.78 is 5.44. The van der Waals surface area contributed by atoms with Gasteiger partial charge in [-0.1, -0.05) is 44.2 Å². The summed E-state index contributed by atoms with van der Waals surface area (Å²) in [4.78, 5) is 19.7. The van der Waals surface area contributed by atoms with E-state index in [2.05, 4.69) is 15.3 Å². The summed E-state index contributed by atoms with van der Waals surface area (Å²) >= 11 is 0. The molecule has 5 nitrogen and oxygen atoms in total. The van der Waals surface area contributed by atoms with Crippen LogP contribution in [0, 0.1) is 12.8 Å². The summed E-state index contributed by atoms with van der Waals surface area (Å²) in [5.74, 6) is 0.865. The van der Waals surface area contributed by atoms with E-state index >= 15 is 0 Å². The Labute approximate surface area is 137 Å². The fraction of sp³-hybridized carbons (Fsp3) is 0.444. The molecule has 1 heterocycles. The Bertz CT molecular complexity index is 608. The molecule has 1 aromatic carbocycles. The van der Waals surface area contributed by atoms with E-state index in [4.69, 9.17) is 4.74 Å². The largest absolute Gasteiger partial charge is 0.460 e. The number of esters is 1. The van der Waals surface area contributed by atoms with E-state index in [-0.39, 0.29) is 17.9 Å². The van der Waals surface area contributed by atoms with Crippen LogP contribution in [-0.4, -0.2) is 28.5 Å². The first kappa shape index (κ1) is 17.2. The predicted octanol–water partition coefficient (Wildman–Crippen LogP) is 2.62. The molecule has 1 atom stereocenters. The summed E-state index contributed by atoms with van der Waals surface area (Å²) in [5.41, 5.74) is 1.99. The first-order chi connectivity index (χ1) is 11.1. The lowest BCUT2D eigenvalue weighted by molar-refractivity contribution is -0.148. The maximum atomic E-state index is 12.3. The quantitative estimate of drug-likeness (QED) is 0.735. The molecule has 124 valence electrons. The van der Waals surface area contributed by atoms with Crippen LogP contribution in [0.3, 0.4) is 0 Å². The number of nitrogens with zero attached hydrogens (tertiary/aromatic N) is 1. The molecule has 0 amide bonds. The molecule has 0 spiro atoms. The third-order valence-electron chi connectivity index (χ3n) is 3.65. The first-order valence-electron chi connectivity index (χ1n) is 8.01. The topological polar surface area (TPSA) is 67.0 Å². The van der Waals surface area contributed by atoms with E-state index < -0.39 is 0 Å². The van der Waals surface area contributed by atoms with E-state index in [1.807, 2.05) is 57.3 Å². The summed E-state index contributed by atoms with van der Waals surface area (Å²) in [7, 11) is 0. The number of carbonyl (C=O) groups is 1. The molecule has 5 heteroatoms. The summed E-state index contributed by atoms with van der Waals surface area (Å²) in [5, 5.41) is 3.28. The van der Waals surface area contributed by atoms with Crippen molar-refractivity contribution in [3.05, 3.63) is 53.6 Å². The zero-order chi connectivity index (χ0) is 16.7. The highest BCUT2D eigenvalue weighted by molar-refractivity contribution is 5.76. The van der Waals surface area contributed by atoms with Crippen molar-refractivity contribution in [1.29, 1.82) is 0 Å². The highest BCUT2D eigenvalue weighted by Crippen LogP contribution is 2.07. The minimum atomic E-state index is -0.307. The van der Waals surface area contributed by atoms with E-state index in [1.165, 1.54) is 0 Å². The molecule has 23 heavy (non-hydrogen) atoms. The number of hydrogen-bond acceptors (Lipinski definition) is 4. The number of hydrogen-bond donors (Lipinski definition) is 2.